The number of halogens is 3. The van der Waals surface area contributed by atoms with Crippen LogP contribution in [0.2, 0.25) is 0 Å². The Morgan fingerprint density at radius 2 is 1.72 bits per heavy atom. The molecule has 1 saturated carbocycles. The number of nitrogens with one attached hydrogen (secondary N) is 1. The van der Waals surface area contributed by atoms with Gasteiger partial charge in [0.1, 0.15) is 0 Å². The van der Waals surface area contributed by atoms with E-state index in [1.807, 2.05) is 0 Å². The lowest BCUT2D eigenvalue weighted by Gasteiger charge is -2.32. The molecule has 9 heteroatoms. The van der Waals surface area contributed by atoms with Crippen LogP contribution in [-0.2, 0) is 14.8 Å². The van der Waals surface area contributed by atoms with Gasteiger partial charge < -0.3 is 5.32 Å². The summed E-state index contributed by atoms with van der Waals surface area (Å²) in [5, 5.41) is 2.81. The SMILES string of the molecule is O=C(NCC1CCN(S(=O)(=O)c2ccccc2)CC1)C1CCCC(C(F)(F)F)C1. The molecule has 1 heterocycles. The van der Waals surface area contributed by atoms with E-state index < -0.39 is 28.0 Å². The molecule has 3 rings (SSSR count). The van der Waals surface area contributed by atoms with Crippen LogP contribution in [0, 0.1) is 17.8 Å². The number of hydrogen-bond acceptors (Lipinski definition) is 3. The summed E-state index contributed by atoms with van der Waals surface area (Å²) >= 11 is 0. The summed E-state index contributed by atoms with van der Waals surface area (Å²) in [7, 11) is -3.51. The van der Waals surface area contributed by atoms with E-state index in [1.165, 1.54) is 4.31 Å². The van der Waals surface area contributed by atoms with Crippen LogP contribution in [0.25, 0.3) is 0 Å². The lowest BCUT2D eigenvalue weighted by atomic mass is 9.80. The number of carbonyl (C=O) groups is 1. The molecule has 1 amide bonds. The lowest BCUT2D eigenvalue weighted by molar-refractivity contribution is -0.186. The third kappa shape index (κ3) is 5.51. The number of amides is 1. The molecule has 162 valence electrons. The number of alkyl halides is 3. The van der Waals surface area contributed by atoms with Crippen LogP contribution in [0.15, 0.2) is 35.2 Å². The number of carbonyl (C=O) groups excluding carboxylic acids is 1. The Morgan fingerprint density at radius 1 is 1.07 bits per heavy atom. The van der Waals surface area contributed by atoms with Crippen molar-refractivity contribution < 1.29 is 26.4 Å². The molecule has 0 bridgehead atoms. The van der Waals surface area contributed by atoms with Crippen LogP contribution in [0.1, 0.15) is 38.5 Å². The standard InChI is InChI=1S/C20H27F3N2O3S/c21-20(22,23)17-6-4-5-16(13-17)19(26)24-14-15-9-11-25(12-10-15)29(27,28)18-7-2-1-3-8-18/h1-3,7-8,15-17H,4-6,9-14H2,(H,24,26). The Balaban J connectivity index is 1.46. The molecule has 1 aromatic rings. The highest BCUT2D eigenvalue weighted by Gasteiger charge is 2.43. The van der Waals surface area contributed by atoms with Crippen molar-refractivity contribution in [1.29, 1.82) is 0 Å². The first-order chi connectivity index (χ1) is 13.7. The summed E-state index contributed by atoms with van der Waals surface area (Å²) in [6, 6.07) is 8.27. The fraction of sp³-hybridized carbons (Fsp3) is 0.650. The summed E-state index contributed by atoms with van der Waals surface area (Å²) in [6.07, 6.45) is -2.14. The van der Waals surface area contributed by atoms with Gasteiger partial charge in [-0.2, -0.15) is 17.5 Å². The van der Waals surface area contributed by atoms with Gasteiger partial charge in [-0.25, -0.2) is 8.42 Å². The van der Waals surface area contributed by atoms with E-state index in [2.05, 4.69) is 5.32 Å². The van der Waals surface area contributed by atoms with Crippen molar-refractivity contribution in [3.63, 3.8) is 0 Å². The van der Waals surface area contributed by atoms with Gasteiger partial charge in [0.05, 0.1) is 10.8 Å². The number of nitrogens with zero attached hydrogens (tertiary/aromatic N) is 1. The Kier molecular flexibility index (Phi) is 6.88. The smallest absolute Gasteiger partial charge is 0.356 e. The number of hydrogen-bond donors (Lipinski definition) is 1. The average Bonchev–Trinajstić information content (AvgIpc) is 2.72. The van der Waals surface area contributed by atoms with Gasteiger partial charge in [0, 0.05) is 25.6 Å². The van der Waals surface area contributed by atoms with Crippen molar-refractivity contribution in [2.45, 2.75) is 49.6 Å². The van der Waals surface area contributed by atoms with E-state index in [9.17, 15) is 26.4 Å². The molecule has 1 aliphatic heterocycles. The van der Waals surface area contributed by atoms with E-state index >= 15 is 0 Å². The zero-order valence-electron chi connectivity index (χ0n) is 16.2. The Bertz CT molecular complexity index is 791. The second kappa shape index (κ2) is 9.04. The van der Waals surface area contributed by atoms with Gasteiger partial charge in [-0.3, -0.25) is 4.79 Å². The van der Waals surface area contributed by atoms with Crippen molar-refractivity contribution in [3.8, 4) is 0 Å². The maximum Gasteiger partial charge on any atom is 0.391 e. The summed E-state index contributed by atoms with van der Waals surface area (Å²) in [5.41, 5.74) is 0. The first kappa shape index (κ1) is 22.1. The summed E-state index contributed by atoms with van der Waals surface area (Å²) in [5.74, 6) is -2.16. The fourth-order valence-electron chi connectivity index (χ4n) is 4.21. The van der Waals surface area contributed by atoms with Gasteiger partial charge in [-0.05, 0) is 50.2 Å². The topological polar surface area (TPSA) is 66.5 Å². The van der Waals surface area contributed by atoms with Crippen molar-refractivity contribution in [3.05, 3.63) is 30.3 Å². The highest BCUT2D eigenvalue weighted by molar-refractivity contribution is 7.89. The molecule has 5 nitrogen and oxygen atoms in total. The van der Waals surface area contributed by atoms with Crippen molar-refractivity contribution in [2.24, 2.45) is 17.8 Å². The van der Waals surface area contributed by atoms with Crippen LogP contribution in [0.3, 0.4) is 0 Å². The van der Waals surface area contributed by atoms with E-state index in [1.54, 1.807) is 30.3 Å². The van der Waals surface area contributed by atoms with Gasteiger partial charge in [-0.1, -0.05) is 24.6 Å². The molecule has 2 unspecified atom stereocenters. The summed E-state index contributed by atoms with van der Waals surface area (Å²) in [6.45, 7) is 1.12. The van der Waals surface area contributed by atoms with Crippen LogP contribution >= 0.6 is 0 Å². The maximum atomic E-state index is 12.9. The molecule has 1 aliphatic carbocycles. The monoisotopic (exact) mass is 432 g/mol. The number of sulfonamides is 1. The molecular weight excluding hydrogens is 405 g/mol. The van der Waals surface area contributed by atoms with Crippen LogP contribution in [-0.4, -0.2) is 44.4 Å². The van der Waals surface area contributed by atoms with Crippen molar-refractivity contribution in [2.75, 3.05) is 19.6 Å². The van der Waals surface area contributed by atoms with Gasteiger partial charge in [0.2, 0.25) is 15.9 Å². The van der Waals surface area contributed by atoms with Gasteiger partial charge in [-0.15, -0.1) is 0 Å². The zero-order valence-corrected chi connectivity index (χ0v) is 17.0. The molecule has 0 spiro atoms. The average molecular weight is 433 g/mol. The molecule has 1 aromatic carbocycles. The third-order valence-electron chi connectivity index (χ3n) is 6.03. The second-order valence-electron chi connectivity index (χ2n) is 8.01. The van der Waals surface area contributed by atoms with Crippen molar-refractivity contribution >= 4 is 15.9 Å². The number of piperidine rings is 1. The molecule has 0 aromatic heterocycles. The van der Waals surface area contributed by atoms with E-state index in [0.717, 1.165) is 0 Å². The van der Waals surface area contributed by atoms with E-state index in [0.29, 0.717) is 45.3 Å². The lowest BCUT2D eigenvalue weighted by Crippen LogP contribution is -2.43. The van der Waals surface area contributed by atoms with Gasteiger partial charge in [0.25, 0.3) is 0 Å². The minimum absolute atomic E-state index is 0.0988. The predicted octanol–water partition coefficient (Wildman–Crippen LogP) is 3.57. The van der Waals surface area contributed by atoms with Crippen molar-refractivity contribution in [1.82, 2.24) is 9.62 Å². The number of benzene rings is 1. The molecule has 2 atom stereocenters. The Morgan fingerprint density at radius 3 is 2.34 bits per heavy atom. The quantitative estimate of drug-likeness (QED) is 0.774. The fourth-order valence-corrected chi connectivity index (χ4v) is 5.70. The molecule has 0 radical (unpaired) electrons. The minimum atomic E-state index is -4.24. The summed E-state index contributed by atoms with van der Waals surface area (Å²) in [4.78, 5) is 12.6. The largest absolute Gasteiger partial charge is 0.391 e. The van der Waals surface area contributed by atoms with E-state index in [-0.39, 0.29) is 29.6 Å². The molecule has 29 heavy (non-hydrogen) atoms. The number of rotatable bonds is 5. The second-order valence-corrected chi connectivity index (χ2v) is 9.95. The molecule has 2 fully saturated rings. The maximum absolute atomic E-state index is 12.9. The normalized spacial score (nSPS) is 24.9. The molecule has 1 N–H and O–H groups in total. The van der Waals surface area contributed by atoms with Crippen LogP contribution in [0.5, 0.6) is 0 Å². The first-order valence-corrected chi connectivity index (χ1v) is 11.5. The third-order valence-corrected chi connectivity index (χ3v) is 7.94. The van der Waals surface area contributed by atoms with Gasteiger partial charge >= 0.3 is 6.18 Å². The highest BCUT2D eigenvalue weighted by Crippen LogP contribution is 2.40. The van der Waals surface area contributed by atoms with E-state index in [4.69, 9.17) is 0 Å². The summed E-state index contributed by atoms with van der Waals surface area (Å²) < 4.78 is 65.5. The van der Waals surface area contributed by atoms with Crippen LogP contribution in [0.4, 0.5) is 13.2 Å². The Hall–Kier alpha value is -1.61. The molecule has 2 aliphatic rings. The minimum Gasteiger partial charge on any atom is -0.356 e. The van der Waals surface area contributed by atoms with Gasteiger partial charge in [0.15, 0.2) is 0 Å². The molecular formula is C20H27F3N2O3S. The molecule has 1 saturated heterocycles. The first-order valence-electron chi connectivity index (χ1n) is 10.1. The highest BCUT2D eigenvalue weighted by atomic mass is 32.2. The Labute approximate surface area is 169 Å². The van der Waals surface area contributed by atoms with Crippen LogP contribution < -0.4 is 5.32 Å². The predicted molar refractivity (Wildman–Crippen MR) is 102 cm³/mol. The zero-order chi connectivity index (χ0) is 21.1.